The molecule has 5 heterocycles. The first-order valence-electron chi connectivity index (χ1n) is 27.8. The first-order valence-corrected chi connectivity index (χ1v) is 28.7. The molecule has 478 valence electrons. The molecule has 2 bridgehead atoms. The van der Waals surface area contributed by atoms with E-state index in [0.717, 1.165) is 6.92 Å². The van der Waals surface area contributed by atoms with Gasteiger partial charge in [-0.1, -0.05) is 39.8 Å². The van der Waals surface area contributed by atoms with Crippen LogP contribution in [0.5, 0.6) is 0 Å². The van der Waals surface area contributed by atoms with Gasteiger partial charge in [-0.15, -0.1) is 11.3 Å². The van der Waals surface area contributed by atoms with E-state index in [9.17, 15) is 39.0 Å². The van der Waals surface area contributed by atoms with Gasteiger partial charge in [-0.3, -0.25) is 24.2 Å². The van der Waals surface area contributed by atoms with Crippen molar-refractivity contribution in [2.75, 3.05) is 39.2 Å². The summed E-state index contributed by atoms with van der Waals surface area (Å²) in [5.74, 6) is -8.75. The lowest BCUT2D eigenvalue weighted by molar-refractivity contribution is -0.296. The Morgan fingerprint density at radius 2 is 1.69 bits per heavy atom. The number of alkyl halides is 1. The number of fused-ring (bicyclic) bond motifs is 5. The summed E-state index contributed by atoms with van der Waals surface area (Å²) in [5.41, 5.74) is 5.63. The van der Waals surface area contributed by atoms with Crippen LogP contribution in [-0.2, 0) is 63.9 Å². The molecule has 13 N–H and O–H groups in total. The molecule has 0 unspecified atom stereocenters. The van der Waals surface area contributed by atoms with Gasteiger partial charge in [0.05, 0.1) is 55.5 Å². The van der Waals surface area contributed by atoms with E-state index in [-0.39, 0.29) is 63.5 Å². The number of thiazole rings is 1. The Hall–Kier alpha value is -5.45. The SMILES string of the molecule is CCC(=O)N=C1[C@H](C)C[C@@]2(C)OC/C(=N/OCc3ccc(-c4nc(NC(=O)[C@@H](N)CCC(N)=O)cs4)cn3)CO[C@@H]([C@H]1C)[C@](C)(O)[C@@H](CC)OC(=O)[C@@](C)(F)C(=O)[C@H](C)[C@H]2O[C@@H]1O[C@H](C)C[C@H](N(C)C)[C@H]1O.O=C(O)[C@H](O)[C@H](O)[C@H](O)[C@@H](O)CO. The van der Waals surface area contributed by atoms with Gasteiger partial charge in [0.1, 0.15) is 52.7 Å². The summed E-state index contributed by atoms with van der Waals surface area (Å²) in [7, 11) is 3.60. The number of oxime groups is 1. The lowest BCUT2D eigenvalue weighted by atomic mass is 9.73. The number of ether oxygens (including phenoxy) is 5. The van der Waals surface area contributed by atoms with Gasteiger partial charge < -0.3 is 91.1 Å². The number of nitrogens with one attached hydrogen (secondary N) is 1. The van der Waals surface area contributed by atoms with Crippen LogP contribution in [0.3, 0.4) is 0 Å². The molecule has 3 fully saturated rings. The molecular formula is C55H85FN8O20S. The summed E-state index contributed by atoms with van der Waals surface area (Å²) in [6, 6.07) is 2.06. The highest BCUT2D eigenvalue weighted by molar-refractivity contribution is 7.13. The minimum absolute atomic E-state index is 0.0331. The summed E-state index contributed by atoms with van der Waals surface area (Å²) in [5, 5.41) is 85.3. The third kappa shape index (κ3) is 18.8. The van der Waals surface area contributed by atoms with Crippen molar-refractivity contribution in [1.29, 1.82) is 0 Å². The molecular weight excluding hydrogens is 1140 g/mol. The summed E-state index contributed by atoms with van der Waals surface area (Å²) in [6.45, 7) is 12.2. The van der Waals surface area contributed by atoms with Crippen LogP contribution in [0.1, 0.15) is 107 Å². The number of carbonyl (C=O) groups excluding carboxylic acids is 5. The summed E-state index contributed by atoms with van der Waals surface area (Å²) < 4.78 is 49.1. The van der Waals surface area contributed by atoms with Crippen LogP contribution in [-0.4, -0.2) is 227 Å². The van der Waals surface area contributed by atoms with Crippen LogP contribution >= 0.6 is 11.3 Å². The maximum atomic E-state index is 17.0. The normalized spacial score (nSPS) is 32.5. The van der Waals surface area contributed by atoms with Crippen LogP contribution in [0.25, 0.3) is 10.6 Å². The number of aliphatic imine (C=N–C) groups is 1. The highest BCUT2D eigenvalue weighted by atomic mass is 32.1. The number of Topliss-reactive ketones (excluding diaryl/α,β-unsaturated/α-hetero) is 1. The number of carbonyl (C=O) groups is 6. The molecule has 3 saturated heterocycles. The van der Waals surface area contributed by atoms with Crippen LogP contribution < -0.4 is 16.8 Å². The van der Waals surface area contributed by atoms with E-state index < -0.39 is 150 Å². The molecule has 5 rings (SSSR count). The topological polar surface area (TPSA) is 437 Å². The number of aromatic nitrogens is 2. The van der Waals surface area contributed by atoms with E-state index >= 15 is 4.39 Å². The van der Waals surface area contributed by atoms with E-state index in [1.54, 1.807) is 72.4 Å². The van der Waals surface area contributed by atoms with Crippen LogP contribution in [0.4, 0.5) is 10.2 Å². The molecule has 85 heavy (non-hydrogen) atoms. The van der Waals surface area contributed by atoms with E-state index in [0.29, 0.717) is 28.4 Å². The zero-order valence-corrected chi connectivity index (χ0v) is 50.5. The van der Waals surface area contributed by atoms with Crippen molar-refractivity contribution in [3.05, 3.63) is 29.4 Å². The van der Waals surface area contributed by atoms with E-state index in [1.807, 2.05) is 11.8 Å². The van der Waals surface area contributed by atoms with Gasteiger partial charge in [0.2, 0.25) is 17.7 Å². The number of aliphatic hydroxyl groups is 7. The average molecular weight is 1230 g/mol. The molecule has 28 nitrogen and oxygen atoms in total. The number of carboxylic acids is 1. The molecule has 30 heteroatoms. The van der Waals surface area contributed by atoms with Crippen LogP contribution in [0.2, 0.25) is 0 Å². The Labute approximate surface area is 496 Å². The van der Waals surface area contributed by atoms with Crippen LogP contribution in [0.15, 0.2) is 33.9 Å². The summed E-state index contributed by atoms with van der Waals surface area (Å²) in [6.07, 6.45) is -13.0. The number of ketones is 1. The highest BCUT2D eigenvalue weighted by Crippen LogP contribution is 2.41. The standard InChI is InChI=1S/C49H73FN8O13S.C6H12O7/c1-12-34-49(9,65)42-27(5)38(56-37(60)13-2)25(3)19-47(7,41(28(6)40(62)48(8,50)46(64)70-34)71-45-39(61)33(58(10)11)18-26(4)69-45)67-22-31(21-66-42)57-68-23-30-15-14-29(20-53-30)44-55-36(24-72-44)54-43(63)32(51)16-17-35(52)59;7-1-2(8)3(9)4(10)5(11)6(12)13/h14-15,20,24-28,32-34,39,41-42,45,61,65H,12-13,16-19,21-23,51H2,1-11H3,(H2,52,59)(H,54,63);2-5,7-11H,1H2,(H,12,13)/b56-38?,57-31+;/t25-,26-,27+,28+,32+,33+,34-,39-,41-,42+,45+,47-,48+,49-;2-,3+,4+,5+/m10/s1. The number of halogens is 1. The number of aliphatic hydroxyl groups excluding tert-OH is 6. The predicted molar refractivity (Wildman–Crippen MR) is 303 cm³/mol. The smallest absolute Gasteiger partial charge is 0.351 e. The maximum Gasteiger partial charge on any atom is 0.351 e. The number of amides is 3. The number of anilines is 1. The first kappa shape index (κ1) is 72.0. The summed E-state index contributed by atoms with van der Waals surface area (Å²) in [4.78, 5) is 96.7. The number of nitrogens with zero attached hydrogens (tertiary/aromatic N) is 5. The number of esters is 1. The Balaban J connectivity index is 0.00000106. The molecule has 0 aromatic carbocycles. The Bertz CT molecular complexity index is 2650. The number of carboxylic acid groups (broad SMARTS) is 1. The van der Waals surface area contributed by atoms with Crippen LogP contribution in [0, 0.1) is 17.8 Å². The van der Waals surface area contributed by atoms with E-state index in [4.69, 9.17) is 70.6 Å². The fourth-order valence-electron chi connectivity index (χ4n) is 10.3. The third-order valence-electron chi connectivity index (χ3n) is 15.2. The van der Waals surface area contributed by atoms with Gasteiger partial charge in [0.15, 0.2) is 24.8 Å². The second-order valence-electron chi connectivity index (χ2n) is 22.4. The Morgan fingerprint density at radius 1 is 1.02 bits per heavy atom. The van der Waals surface area contributed by atoms with Gasteiger partial charge in [-0.2, -0.15) is 0 Å². The van der Waals surface area contributed by atoms with E-state index in [1.165, 1.54) is 25.2 Å². The zero-order valence-electron chi connectivity index (χ0n) is 49.7. The Kier molecular flexibility index (Phi) is 26.7. The number of nitrogens with two attached hydrogens (primary N) is 2. The molecule has 2 aromatic heterocycles. The fourth-order valence-corrected chi connectivity index (χ4v) is 11.0. The second kappa shape index (κ2) is 31.5. The second-order valence-corrected chi connectivity index (χ2v) is 23.3. The number of cyclic esters (lactones) is 1. The van der Waals surface area contributed by atoms with Gasteiger partial charge in [-0.25, -0.2) is 24.0 Å². The molecule has 0 saturated carbocycles. The van der Waals surface area contributed by atoms with Crippen molar-refractivity contribution >= 4 is 64.0 Å². The van der Waals surface area contributed by atoms with Crippen molar-refractivity contribution in [2.24, 2.45) is 39.4 Å². The number of hydrogen-bond donors (Lipinski definition) is 11. The van der Waals surface area contributed by atoms with E-state index in [2.05, 4.69) is 25.4 Å². The number of primary amides is 1. The molecule has 3 aliphatic rings. The third-order valence-corrected chi connectivity index (χ3v) is 16.1. The Morgan fingerprint density at radius 3 is 2.27 bits per heavy atom. The largest absolute Gasteiger partial charge is 0.479 e. The van der Waals surface area contributed by atoms with Crippen molar-refractivity contribution in [1.82, 2.24) is 14.9 Å². The van der Waals surface area contributed by atoms with Gasteiger partial charge in [-0.05, 0) is 85.5 Å². The molecule has 3 aliphatic heterocycles. The minimum atomic E-state index is -3.26. The molecule has 18 atom stereocenters. The number of likely N-dealkylation sites (N-methyl/N-ethyl adjacent to an activating group) is 1. The lowest BCUT2D eigenvalue weighted by Crippen LogP contribution is -2.61. The zero-order chi connectivity index (χ0) is 64.1. The van der Waals surface area contributed by atoms with Crippen molar-refractivity contribution in [3.63, 3.8) is 0 Å². The molecule has 0 aliphatic carbocycles. The molecule has 2 aromatic rings. The number of hydrogen-bond acceptors (Lipinski definition) is 25. The number of rotatable bonds is 19. The molecule has 0 radical (unpaired) electrons. The minimum Gasteiger partial charge on any atom is -0.479 e. The predicted octanol–water partition coefficient (Wildman–Crippen LogP) is 0.161. The summed E-state index contributed by atoms with van der Waals surface area (Å²) >= 11 is 1.26. The van der Waals surface area contributed by atoms with Crippen molar-refractivity contribution in [2.45, 2.75) is 198 Å². The molecule has 0 spiro atoms. The van der Waals surface area contributed by atoms with Gasteiger partial charge >= 0.3 is 11.9 Å². The lowest BCUT2D eigenvalue weighted by Gasteiger charge is -2.47. The number of aliphatic carboxylic acids is 1. The maximum absolute atomic E-state index is 17.0. The quantitative estimate of drug-likeness (QED) is 0.0507. The highest BCUT2D eigenvalue weighted by Gasteiger charge is 2.57. The van der Waals surface area contributed by atoms with Crippen molar-refractivity contribution in [3.8, 4) is 10.6 Å². The average Bonchev–Trinajstić information content (AvgIpc) is 2.06. The molecule has 3 amide bonds. The van der Waals surface area contributed by atoms with Gasteiger partial charge in [0, 0.05) is 53.6 Å². The van der Waals surface area contributed by atoms with Crippen molar-refractivity contribution < 1.29 is 103 Å². The first-order chi connectivity index (χ1) is 39.6. The monoisotopic (exact) mass is 1230 g/mol. The fraction of sp³-hybridized carbons (Fsp3) is 0.709. The number of pyridine rings is 1. The van der Waals surface area contributed by atoms with Gasteiger partial charge in [0.25, 0.3) is 5.67 Å².